The van der Waals surface area contributed by atoms with E-state index in [1.807, 2.05) is 0 Å². The summed E-state index contributed by atoms with van der Waals surface area (Å²) in [4.78, 5) is 53.6. The highest BCUT2D eigenvalue weighted by atomic mass is 19.1. The predicted octanol–water partition coefficient (Wildman–Crippen LogP) is 3.20. The zero-order valence-corrected chi connectivity index (χ0v) is 21.9. The molecule has 0 spiro atoms. The van der Waals surface area contributed by atoms with Crippen molar-refractivity contribution in [1.82, 2.24) is 13.7 Å². The molecule has 0 unspecified atom stereocenters. The minimum atomic E-state index is -0.790. The zero-order chi connectivity index (χ0) is 27.8. The summed E-state index contributed by atoms with van der Waals surface area (Å²) in [5.41, 5.74) is 5.59. The van der Waals surface area contributed by atoms with Crippen molar-refractivity contribution in [3.8, 4) is 5.69 Å². The Morgan fingerprint density at radius 1 is 1.05 bits per heavy atom. The summed E-state index contributed by atoms with van der Waals surface area (Å²) in [5.74, 6) is -0.888. The van der Waals surface area contributed by atoms with Gasteiger partial charge in [-0.3, -0.25) is 28.1 Å². The quantitative estimate of drug-likeness (QED) is 0.397. The van der Waals surface area contributed by atoms with E-state index in [9.17, 15) is 23.6 Å². The number of hydrogen-bond acceptors (Lipinski definition) is 5. The predicted molar refractivity (Wildman–Crippen MR) is 147 cm³/mol. The van der Waals surface area contributed by atoms with E-state index in [-0.39, 0.29) is 34.0 Å². The van der Waals surface area contributed by atoms with Crippen LogP contribution in [0.25, 0.3) is 16.6 Å². The summed E-state index contributed by atoms with van der Waals surface area (Å²) in [6.07, 6.45) is 2.56. The fraction of sp³-hybridized carbons (Fsp3) is 0.310. The van der Waals surface area contributed by atoms with Gasteiger partial charge in [0, 0.05) is 18.7 Å². The maximum Gasteiger partial charge on any atom is 0.336 e. The fourth-order valence-corrected chi connectivity index (χ4v) is 5.45. The minimum Gasteiger partial charge on any atom is -0.369 e. The van der Waals surface area contributed by atoms with E-state index in [4.69, 9.17) is 5.73 Å². The van der Waals surface area contributed by atoms with Gasteiger partial charge in [-0.25, -0.2) is 9.18 Å². The van der Waals surface area contributed by atoms with Gasteiger partial charge in [0.2, 0.25) is 5.91 Å². The zero-order valence-electron chi connectivity index (χ0n) is 21.9. The molecule has 2 aromatic heterocycles. The van der Waals surface area contributed by atoms with Crippen LogP contribution in [0.5, 0.6) is 0 Å². The molecule has 0 atom stereocenters. The Kier molecular flexibility index (Phi) is 5.43. The Bertz CT molecular complexity index is 1890. The number of pyridine rings is 1. The molecule has 9 nitrogen and oxygen atoms in total. The van der Waals surface area contributed by atoms with Crippen molar-refractivity contribution >= 4 is 28.3 Å². The molecule has 2 fully saturated rings. The number of carbonyl (C=O) groups is 1. The average Bonchev–Trinajstić information content (AvgIpc) is 3.81. The first kappa shape index (κ1) is 24.8. The van der Waals surface area contributed by atoms with Gasteiger partial charge in [0.1, 0.15) is 17.0 Å². The molecule has 2 aliphatic carbocycles. The number of benzene rings is 2. The second-order valence-electron chi connectivity index (χ2n) is 10.7. The summed E-state index contributed by atoms with van der Waals surface area (Å²) in [6.45, 7) is 3.32. The molecule has 1 amide bonds. The van der Waals surface area contributed by atoms with Crippen molar-refractivity contribution in [1.29, 1.82) is 0 Å². The molecular weight excluding hydrogens is 501 g/mol. The smallest absolute Gasteiger partial charge is 0.336 e. The highest BCUT2D eigenvalue weighted by molar-refractivity contribution is 5.94. The molecule has 10 heteroatoms. The van der Waals surface area contributed by atoms with Gasteiger partial charge in [-0.1, -0.05) is 18.2 Å². The maximum absolute atomic E-state index is 14.9. The second kappa shape index (κ2) is 8.52. The van der Waals surface area contributed by atoms with E-state index in [0.29, 0.717) is 36.9 Å². The fourth-order valence-electron chi connectivity index (χ4n) is 5.45. The Labute approximate surface area is 222 Å². The number of hydrogen-bond donors (Lipinski definition) is 2. The Morgan fingerprint density at radius 3 is 2.38 bits per heavy atom. The van der Waals surface area contributed by atoms with Crippen LogP contribution in [0, 0.1) is 19.7 Å². The van der Waals surface area contributed by atoms with Crippen LogP contribution >= 0.6 is 0 Å². The topological polar surface area (TPSA) is 121 Å². The number of nitrogens with two attached hydrogens (primary N) is 1. The SMILES string of the molecule is Cc1ccc(Nc2c3c(=O)n(C4CC4)c(=O)n(-c4cccc(C5(C(N)=O)CC5)c4)c3c(C)c(=O)n2C)c(F)c1. The molecule has 3 N–H and O–H groups in total. The van der Waals surface area contributed by atoms with Crippen LogP contribution in [0.2, 0.25) is 0 Å². The monoisotopic (exact) mass is 529 g/mol. The Balaban J connectivity index is 1.71. The number of halogens is 1. The second-order valence-corrected chi connectivity index (χ2v) is 10.7. The van der Waals surface area contributed by atoms with Gasteiger partial charge in [-0.15, -0.1) is 0 Å². The number of aromatic nitrogens is 3. The van der Waals surface area contributed by atoms with Crippen LogP contribution in [-0.2, 0) is 17.3 Å². The lowest BCUT2D eigenvalue weighted by molar-refractivity contribution is -0.120. The molecule has 0 bridgehead atoms. The van der Waals surface area contributed by atoms with E-state index >= 15 is 0 Å². The Hall–Kier alpha value is -4.47. The highest BCUT2D eigenvalue weighted by Crippen LogP contribution is 2.48. The summed E-state index contributed by atoms with van der Waals surface area (Å²) in [5, 5.41) is 3.06. The van der Waals surface area contributed by atoms with E-state index in [0.717, 1.165) is 5.56 Å². The third-order valence-corrected chi connectivity index (χ3v) is 8.01. The number of anilines is 2. The number of nitrogens with zero attached hydrogens (tertiary/aromatic N) is 3. The first-order chi connectivity index (χ1) is 18.5. The molecule has 0 radical (unpaired) electrons. The third kappa shape index (κ3) is 3.73. The van der Waals surface area contributed by atoms with E-state index in [1.54, 1.807) is 50.2 Å². The van der Waals surface area contributed by atoms with Crippen molar-refractivity contribution in [3.63, 3.8) is 0 Å². The largest absolute Gasteiger partial charge is 0.369 e. The van der Waals surface area contributed by atoms with Gasteiger partial charge in [0.05, 0.1) is 22.3 Å². The highest BCUT2D eigenvalue weighted by Gasteiger charge is 2.50. The van der Waals surface area contributed by atoms with Crippen LogP contribution in [0.15, 0.2) is 56.8 Å². The molecule has 2 aliphatic rings. The molecule has 6 rings (SSSR count). The van der Waals surface area contributed by atoms with Crippen molar-refractivity contribution in [2.45, 2.75) is 51.0 Å². The van der Waals surface area contributed by atoms with E-state index in [1.165, 1.54) is 26.8 Å². The number of primary amides is 1. The molecular formula is C29H28FN5O4. The third-order valence-electron chi connectivity index (χ3n) is 8.01. The van der Waals surface area contributed by atoms with Gasteiger partial charge < -0.3 is 11.1 Å². The molecule has 39 heavy (non-hydrogen) atoms. The van der Waals surface area contributed by atoms with Crippen molar-refractivity contribution in [2.24, 2.45) is 12.8 Å². The summed E-state index contributed by atoms with van der Waals surface area (Å²) < 4.78 is 18.7. The lowest BCUT2D eigenvalue weighted by atomic mass is 9.95. The number of fused-ring (bicyclic) bond motifs is 1. The normalized spacial score (nSPS) is 15.9. The van der Waals surface area contributed by atoms with Crippen molar-refractivity contribution < 1.29 is 9.18 Å². The van der Waals surface area contributed by atoms with E-state index in [2.05, 4.69) is 5.32 Å². The average molecular weight is 530 g/mol. The van der Waals surface area contributed by atoms with Crippen molar-refractivity contribution in [3.05, 3.63) is 96.2 Å². The number of aryl methyl sites for hydroxylation is 2. The molecule has 4 aromatic rings. The molecule has 0 aliphatic heterocycles. The molecule has 0 saturated heterocycles. The number of carbonyl (C=O) groups excluding carboxylic acids is 1. The minimum absolute atomic E-state index is 0.0865. The van der Waals surface area contributed by atoms with Gasteiger partial charge in [-0.05, 0) is 74.9 Å². The standard InChI is InChI=1S/C29H28FN5O4/c1-15-7-10-21(20(30)13-15)32-24-22-23(16(2)25(36)33(24)3)34(28(39)35(26(22)37)18-8-9-18)19-6-4-5-17(14-19)29(11-12-29)27(31)38/h4-7,10,13-14,18,32H,8-9,11-12H2,1-3H3,(H2,31,38). The molecule has 2 heterocycles. The van der Waals surface area contributed by atoms with Gasteiger partial charge >= 0.3 is 5.69 Å². The summed E-state index contributed by atoms with van der Waals surface area (Å²) >= 11 is 0. The van der Waals surface area contributed by atoms with Crippen LogP contribution in [0.3, 0.4) is 0 Å². The lowest BCUT2D eigenvalue weighted by Crippen LogP contribution is -2.41. The summed E-state index contributed by atoms with van der Waals surface area (Å²) in [7, 11) is 1.50. The van der Waals surface area contributed by atoms with Crippen LogP contribution in [-0.4, -0.2) is 19.6 Å². The first-order valence-electron chi connectivity index (χ1n) is 12.9. The van der Waals surface area contributed by atoms with Crippen LogP contribution in [0.1, 0.15) is 48.4 Å². The van der Waals surface area contributed by atoms with E-state index < -0.39 is 33.9 Å². The summed E-state index contributed by atoms with van der Waals surface area (Å²) in [6, 6.07) is 11.3. The molecule has 2 aromatic carbocycles. The molecule has 2 saturated carbocycles. The van der Waals surface area contributed by atoms with Crippen molar-refractivity contribution in [2.75, 3.05) is 5.32 Å². The van der Waals surface area contributed by atoms with Crippen LogP contribution in [0.4, 0.5) is 15.9 Å². The molecule has 200 valence electrons. The maximum atomic E-state index is 14.9. The van der Waals surface area contributed by atoms with Gasteiger partial charge in [-0.2, -0.15) is 0 Å². The van der Waals surface area contributed by atoms with Gasteiger partial charge in [0.15, 0.2) is 0 Å². The number of rotatable bonds is 6. The number of amides is 1. The van der Waals surface area contributed by atoms with Gasteiger partial charge in [0.25, 0.3) is 11.1 Å². The number of nitrogens with one attached hydrogen (secondary N) is 1. The lowest BCUT2D eigenvalue weighted by Gasteiger charge is -2.21. The Morgan fingerprint density at radius 2 is 1.77 bits per heavy atom. The van der Waals surface area contributed by atoms with Crippen LogP contribution < -0.4 is 27.9 Å². The first-order valence-corrected chi connectivity index (χ1v) is 12.9.